The maximum atomic E-state index is 13.1. The summed E-state index contributed by atoms with van der Waals surface area (Å²) in [5.74, 6) is -2.92. The molecule has 3 N–H and O–H groups in total. The summed E-state index contributed by atoms with van der Waals surface area (Å²) in [4.78, 5) is 48.0. The summed E-state index contributed by atoms with van der Waals surface area (Å²) in [6.07, 6.45) is 5.12. The molecule has 0 bridgehead atoms. The van der Waals surface area contributed by atoms with Crippen LogP contribution in [-0.4, -0.2) is 65.9 Å². The Bertz CT molecular complexity index is 1660. The first-order chi connectivity index (χ1) is 18.8. The number of nitrogen functional groups attached to an aromatic ring is 1. The van der Waals surface area contributed by atoms with Crippen molar-refractivity contribution in [2.75, 3.05) is 18.1 Å². The number of nitriles is 2. The van der Waals surface area contributed by atoms with E-state index in [-0.39, 0.29) is 29.0 Å². The van der Waals surface area contributed by atoms with E-state index in [1.165, 1.54) is 11.8 Å². The SMILES string of the molecule is N#CCO/N=C(/C(=O)NC1C(=O)N2C(C(=O)[O-])=C(C[n+]3ccn4cc(C#N)ccc43)CSC12)c1nsc(N)n1. The molecule has 2 amide bonds. The summed E-state index contributed by atoms with van der Waals surface area (Å²) < 4.78 is 7.45. The fourth-order valence-electron chi connectivity index (χ4n) is 4.15. The number of carbonyl (C=O) groups is 3. The maximum absolute atomic E-state index is 13.1. The molecule has 2 aliphatic rings. The summed E-state index contributed by atoms with van der Waals surface area (Å²) in [6, 6.07) is 6.09. The molecule has 0 aromatic carbocycles. The van der Waals surface area contributed by atoms with Gasteiger partial charge < -0.3 is 25.8 Å². The van der Waals surface area contributed by atoms with E-state index in [4.69, 9.17) is 21.1 Å². The minimum Gasteiger partial charge on any atom is -0.543 e. The molecule has 5 heterocycles. The van der Waals surface area contributed by atoms with Gasteiger partial charge in [0.05, 0.1) is 17.2 Å². The van der Waals surface area contributed by atoms with E-state index in [1.54, 1.807) is 45.8 Å². The Morgan fingerprint density at radius 1 is 1.38 bits per heavy atom. The van der Waals surface area contributed by atoms with Gasteiger partial charge in [-0.05, 0) is 6.07 Å². The number of carbonyl (C=O) groups excluding carboxylic acids is 3. The number of nitrogens with two attached hydrogens (primary N) is 1. The quantitative estimate of drug-likeness (QED) is 0.0990. The summed E-state index contributed by atoms with van der Waals surface area (Å²) in [5, 5.41) is 35.4. The number of fused-ring (bicyclic) bond motifs is 2. The fraction of sp³-hybridized carbons (Fsp3) is 0.227. The van der Waals surface area contributed by atoms with Crippen molar-refractivity contribution in [3.63, 3.8) is 0 Å². The highest BCUT2D eigenvalue weighted by atomic mass is 32.2. The molecule has 2 atom stereocenters. The van der Waals surface area contributed by atoms with Crippen LogP contribution >= 0.6 is 23.3 Å². The fourth-order valence-corrected chi connectivity index (χ4v) is 5.92. The van der Waals surface area contributed by atoms with Gasteiger partial charge in [0.25, 0.3) is 17.5 Å². The molecule has 196 valence electrons. The smallest absolute Gasteiger partial charge is 0.286 e. The van der Waals surface area contributed by atoms with E-state index in [0.717, 1.165) is 16.4 Å². The number of imidazole rings is 1. The number of β-lactam (4-membered cyclic amide) rings is 1. The lowest BCUT2D eigenvalue weighted by molar-refractivity contribution is -0.662. The van der Waals surface area contributed by atoms with Crippen LogP contribution in [0.15, 0.2) is 47.1 Å². The number of rotatable bonds is 8. The summed E-state index contributed by atoms with van der Waals surface area (Å²) in [6.45, 7) is -0.279. The molecular formula is C22H16N10O5S2. The van der Waals surface area contributed by atoms with Crippen molar-refractivity contribution in [1.82, 2.24) is 24.0 Å². The van der Waals surface area contributed by atoms with E-state index in [1.807, 2.05) is 0 Å². The van der Waals surface area contributed by atoms with E-state index in [0.29, 0.717) is 16.8 Å². The Morgan fingerprint density at radius 2 is 2.21 bits per heavy atom. The van der Waals surface area contributed by atoms with Gasteiger partial charge in [-0.2, -0.15) is 19.9 Å². The van der Waals surface area contributed by atoms with E-state index in [2.05, 4.69) is 25.9 Å². The summed E-state index contributed by atoms with van der Waals surface area (Å²) >= 11 is 2.09. The van der Waals surface area contributed by atoms with Crippen molar-refractivity contribution < 1.29 is 28.9 Å². The minimum absolute atomic E-state index is 0.0650. The van der Waals surface area contributed by atoms with Gasteiger partial charge in [-0.3, -0.25) is 14.5 Å². The molecule has 2 unspecified atom stereocenters. The zero-order chi connectivity index (χ0) is 27.7. The highest BCUT2D eigenvalue weighted by molar-refractivity contribution is 8.00. The van der Waals surface area contributed by atoms with E-state index < -0.39 is 41.5 Å². The lowest BCUT2D eigenvalue weighted by Crippen LogP contribution is -2.71. The second-order valence-electron chi connectivity index (χ2n) is 8.15. The van der Waals surface area contributed by atoms with Crippen LogP contribution in [0.25, 0.3) is 5.65 Å². The first-order valence-corrected chi connectivity index (χ1v) is 12.9. The molecule has 3 aromatic heterocycles. The van der Waals surface area contributed by atoms with Crippen molar-refractivity contribution in [3.05, 3.63) is 53.4 Å². The Hall–Kier alpha value is -5.00. The molecular weight excluding hydrogens is 548 g/mol. The molecule has 15 nitrogen and oxygen atoms in total. The molecule has 2 aliphatic heterocycles. The second-order valence-corrected chi connectivity index (χ2v) is 10.0. The van der Waals surface area contributed by atoms with Crippen LogP contribution in [0.4, 0.5) is 5.13 Å². The number of thioether (sulfide) groups is 1. The van der Waals surface area contributed by atoms with Gasteiger partial charge >= 0.3 is 0 Å². The van der Waals surface area contributed by atoms with Crippen LogP contribution in [0.5, 0.6) is 0 Å². The third-order valence-corrected chi connectivity index (χ3v) is 7.71. The molecule has 1 saturated heterocycles. The number of anilines is 1. The monoisotopic (exact) mass is 564 g/mol. The number of hydrogen-bond acceptors (Lipinski definition) is 13. The average molecular weight is 565 g/mol. The number of carboxylic acid groups (broad SMARTS) is 1. The Morgan fingerprint density at radius 3 is 2.90 bits per heavy atom. The van der Waals surface area contributed by atoms with Gasteiger partial charge in [-0.25, -0.2) is 8.97 Å². The molecule has 1 fully saturated rings. The molecule has 0 radical (unpaired) electrons. The largest absolute Gasteiger partial charge is 0.543 e. The van der Waals surface area contributed by atoms with Crippen molar-refractivity contribution in [2.24, 2.45) is 5.16 Å². The first-order valence-electron chi connectivity index (χ1n) is 11.1. The lowest BCUT2D eigenvalue weighted by atomic mass is 10.0. The summed E-state index contributed by atoms with van der Waals surface area (Å²) in [7, 11) is 0. The number of hydrogen-bond donors (Lipinski definition) is 2. The van der Waals surface area contributed by atoms with Gasteiger partial charge in [0.2, 0.25) is 18.1 Å². The number of amides is 2. The van der Waals surface area contributed by atoms with E-state index >= 15 is 0 Å². The topological polar surface area (TPSA) is 219 Å². The predicted molar refractivity (Wildman–Crippen MR) is 132 cm³/mol. The molecule has 5 rings (SSSR count). The number of aromatic nitrogens is 4. The van der Waals surface area contributed by atoms with Gasteiger partial charge in [0.15, 0.2) is 5.13 Å². The van der Waals surface area contributed by atoms with Crippen LogP contribution in [0.2, 0.25) is 0 Å². The zero-order valence-corrected chi connectivity index (χ0v) is 21.3. The van der Waals surface area contributed by atoms with Crippen LogP contribution in [0.3, 0.4) is 0 Å². The predicted octanol–water partition coefficient (Wildman–Crippen LogP) is -2.12. The van der Waals surface area contributed by atoms with Crippen molar-refractivity contribution in [1.29, 1.82) is 10.5 Å². The van der Waals surface area contributed by atoms with Crippen molar-refractivity contribution in [2.45, 2.75) is 18.0 Å². The third kappa shape index (κ3) is 4.72. The van der Waals surface area contributed by atoms with Crippen molar-refractivity contribution >= 4 is 57.6 Å². The number of aliphatic carboxylic acids is 1. The first kappa shape index (κ1) is 25.6. The number of carboxylic acids is 1. The molecule has 39 heavy (non-hydrogen) atoms. The Labute approximate surface area is 227 Å². The molecule has 0 saturated carbocycles. The Kier molecular flexibility index (Phi) is 6.84. The van der Waals surface area contributed by atoms with Crippen LogP contribution < -0.4 is 20.7 Å². The zero-order valence-electron chi connectivity index (χ0n) is 19.7. The molecule has 3 aromatic rings. The number of nitrogens with zero attached hydrogens (tertiary/aromatic N) is 8. The van der Waals surface area contributed by atoms with Crippen LogP contribution in [0.1, 0.15) is 11.4 Å². The lowest BCUT2D eigenvalue weighted by Gasteiger charge is -2.50. The number of oxime groups is 1. The van der Waals surface area contributed by atoms with Gasteiger partial charge in [0, 0.05) is 28.9 Å². The number of nitrogens with one attached hydrogen (secondary N) is 1. The highest BCUT2D eigenvalue weighted by Gasteiger charge is 2.53. The standard InChI is InChI=1S/C22H16N10O5S2/c23-3-6-37-28-14(17-27-22(25)39-29-17)18(33)26-15-19(34)32-16(21(35)36)12(10-38-20(15)32)9-31-5-4-30-8-11(7-24)1-2-13(30)31/h1-2,4-5,8,15,20H,6,9-10H2,(H3-,25,26,27,29,33,35,36)/b28-14+. The second kappa shape index (κ2) is 10.4. The van der Waals surface area contributed by atoms with Gasteiger partial charge in [-0.15, -0.1) is 11.8 Å². The highest BCUT2D eigenvalue weighted by Crippen LogP contribution is 2.40. The van der Waals surface area contributed by atoms with Crippen LogP contribution in [-0.2, 0) is 25.8 Å². The third-order valence-electron chi connectivity index (χ3n) is 5.83. The average Bonchev–Trinajstić information content (AvgIpc) is 3.54. The molecule has 17 heteroatoms. The van der Waals surface area contributed by atoms with Gasteiger partial charge in [0.1, 0.15) is 48.7 Å². The minimum atomic E-state index is -1.52. The summed E-state index contributed by atoms with van der Waals surface area (Å²) in [5.41, 5.74) is 6.57. The molecule has 0 spiro atoms. The van der Waals surface area contributed by atoms with Crippen molar-refractivity contribution in [3.8, 4) is 12.1 Å². The maximum Gasteiger partial charge on any atom is 0.286 e. The number of pyridine rings is 1. The van der Waals surface area contributed by atoms with E-state index in [9.17, 15) is 19.5 Å². The van der Waals surface area contributed by atoms with Crippen LogP contribution in [0, 0.1) is 22.7 Å². The Balaban J connectivity index is 1.36. The normalized spacial score (nSPS) is 18.7. The molecule has 0 aliphatic carbocycles. The van der Waals surface area contributed by atoms with Gasteiger partial charge in [-0.1, -0.05) is 5.16 Å².